The molecular formula is C98H156N2Si4. The van der Waals surface area contributed by atoms with Crippen LogP contribution in [0.2, 0.25) is 66.5 Å². The summed E-state index contributed by atoms with van der Waals surface area (Å²) in [7, 11) is -9.46. The quantitative estimate of drug-likeness (QED) is 0.0379. The predicted molar refractivity (Wildman–Crippen MR) is 486 cm³/mol. The van der Waals surface area contributed by atoms with Crippen LogP contribution in [-0.2, 0) is 32.5 Å². The largest absolute Gasteiger partial charge is 0.309 e. The first-order valence-electron chi connectivity index (χ1n) is 41.6. The summed E-state index contributed by atoms with van der Waals surface area (Å²) < 4.78 is 0. The first-order chi connectivity index (χ1) is 47.3. The Bertz CT molecular complexity index is 3930. The summed E-state index contributed by atoms with van der Waals surface area (Å²) >= 11 is 0. The summed E-state index contributed by atoms with van der Waals surface area (Å²) in [6, 6.07) is 48.2. The molecule has 0 fully saturated rings. The Morgan fingerprint density at radius 3 is 0.673 bits per heavy atom. The van der Waals surface area contributed by atoms with Crippen molar-refractivity contribution < 1.29 is 0 Å². The second-order valence-electron chi connectivity index (χ2n) is 43.0. The van der Waals surface area contributed by atoms with Gasteiger partial charge in [0.1, 0.15) is 0 Å². The first-order valence-corrected chi connectivity index (χ1v) is 50.5. The van der Waals surface area contributed by atoms with Crippen molar-refractivity contribution in [2.75, 3.05) is 9.80 Å². The average molecular weight is 1470 g/mol. The number of hydrogen-bond donors (Lipinski definition) is 0. The van der Waals surface area contributed by atoms with Crippen LogP contribution in [-0.4, -0.2) is 32.3 Å². The molecule has 0 aliphatic heterocycles. The molecule has 6 heteroatoms. The van der Waals surface area contributed by atoms with Crippen LogP contribution in [0, 0.1) is 0 Å². The highest BCUT2D eigenvalue weighted by Gasteiger charge is 2.51. The molecule has 0 spiro atoms. The van der Waals surface area contributed by atoms with E-state index < -0.39 is 32.3 Å². The van der Waals surface area contributed by atoms with E-state index in [0.717, 1.165) is 0 Å². The van der Waals surface area contributed by atoms with Crippen molar-refractivity contribution in [2.24, 2.45) is 0 Å². The molecule has 2 nitrogen and oxygen atoms in total. The van der Waals surface area contributed by atoms with E-state index in [0.29, 0.717) is 66.5 Å². The van der Waals surface area contributed by atoms with Gasteiger partial charge in [-0.1, -0.05) is 360 Å². The van der Waals surface area contributed by atoms with E-state index in [4.69, 9.17) is 0 Å². The third kappa shape index (κ3) is 15.4. The monoisotopic (exact) mass is 1470 g/mol. The van der Waals surface area contributed by atoms with Crippen LogP contribution >= 0.6 is 0 Å². The van der Waals surface area contributed by atoms with E-state index in [9.17, 15) is 0 Å². The lowest BCUT2D eigenvalue weighted by atomic mass is 9.75. The Kier molecular flexibility index (Phi) is 25.4. The topological polar surface area (TPSA) is 6.48 Å². The lowest BCUT2D eigenvalue weighted by molar-refractivity contribution is 0.530. The number of benzene rings is 7. The average Bonchev–Trinajstić information content (AvgIpc) is 0.709. The second kappa shape index (κ2) is 30.4. The molecule has 0 saturated heterocycles. The predicted octanol–water partition coefficient (Wildman–Crippen LogP) is 30.3. The van der Waals surface area contributed by atoms with Crippen molar-refractivity contribution in [2.45, 2.75) is 390 Å². The van der Waals surface area contributed by atoms with Crippen LogP contribution in [0.25, 0.3) is 21.5 Å². The third-order valence-corrected chi connectivity index (χ3v) is 54.9. The molecule has 0 unspecified atom stereocenters. The van der Waals surface area contributed by atoms with Crippen molar-refractivity contribution in [3.8, 4) is 0 Å². The minimum Gasteiger partial charge on any atom is -0.309 e. The van der Waals surface area contributed by atoms with Gasteiger partial charge in [0.15, 0.2) is 0 Å². The van der Waals surface area contributed by atoms with Gasteiger partial charge in [-0.3, -0.25) is 0 Å². The van der Waals surface area contributed by atoms with E-state index in [1.165, 1.54) is 89.0 Å². The van der Waals surface area contributed by atoms with Gasteiger partial charge >= 0.3 is 0 Å². The summed E-state index contributed by atoms with van der Waals surface area (Å²) in [5, 5.41) is 11.7. The maximum Gasteiger partial charge on any atom is 0.0943 e. The third-order valence-electron chi connectivity index (χ3n) is 26.8. The highest BCUT2D eigenvalue weighted by atomic mass is 28.3. The molecule has 0 atom stereocenters. The molecule has 0 aromatic heterocycles. The number of rotatable bonds is 22. The van der Waals surface area contributed by atoms with Crippen LogP contribution < -0.4 is 30.5 Å². The Hall–Kier alpha value is -4.47. The molecule has 0 aliphatic rings. The summed E-state index contributed by atoms with van der Waals surface area (Å²) in [5.41, 5.74) is 21.2. The molecule has 0 bridgehead atoms. The van der Waals surface area contributed by atoms with Gasteiger partial charge in [0.25, 0.3) is 0 Å². The zero-order valence-corrected chi connectivity index (χ0v) is 79.2. The van der Waals surface area contributed by atoms with Gasteiger partial charge in [0.05, 0.1) is 43.7 Å². The molecule has 0 radical (unpaired) electrons. The number of nitrogens with zero attached hydrogens (tertiary/aromatic N) is 2. The van der Waals surface area contributed by atoms with Gasteiger partial charge in [-0.2, -0.15) is 0 Å². The highest BCUT2D eigenvalue weighted by Crippen LogP contribution is 2.56. The van der Waals surface area contributed by atoms with Crippen molar-refractivity contribution in [3.05, 3.63) is 143 Å². The fraction of sp³-hybridized carbons (Fsp3) is 0.612. The maximum atomic E-state index is 2.90. The fourth-order valence-corrected chi connectivity index (χ4v) is 49.9. The second-order valence-corrected chi connectivity index (χ2v) is 66.6. The number of fused-ring (bicyclic) bond motifs is 2. The molecule has 7 aromatic carbocycles. The van der Waals surface area contributed by atoms with Gasteiger partial charge in [0, 0.05) is 44.3 Å². The van der Waals surface area contributed by atoms with Gasteiger partial charge in [-0.25, -0.2) is 0 Å². The molecule has 7 aromatic rings. The molecule has 0 aliphatic carbocycles. The summed E-state index contributed by atoms with van der Waals surface area (Å²) in [6.45, 7) is 106. The zero-order valence-electron chi connectivity index (χ0n) is 75.2. The van der Waals surface area contributed by atoms with E-state index in [1.54, 1.807) is 20.7 Å². The van der Waals surface area contributed by atoms with E-state index >= 15 is 0 Å². The van der Waals surface area contributed by atoms with Crippen molar-refractivity contribution in [3.63, 3.8) is 0 Å². The Balaban J connectivity index is 2.04. The molecule has 574 valence electrons. The molecule has 0 N–H and O–H groups in total. The fourth-order valence-electron chi connectivity index (χ4n) is 22.4. The molecule has 0 saturated carbocycles. The SMILES string of the molecule is CC(C)[Si](c1cc(N(c2cc(C(C)(C)C)cc(C(C)(C)C)c2)c2c3ccc(C(C)(C)C)cc3c(N(c3cc([Si](C(C)C)(C(C)C)C(C)C)cc([Si](C(C)C)(C(C)C)C(C)C)c3)c3ccc(C(C)(C)C)c(C(C)(C)C)c3)c3ccc(C(C)(C)C)cc23)cc([Si](C(C)C)(C(C)C)C(C)C)c1)(C(C)C)C(C)C. The number of hydrogen-bond acceptors (Lipinski definition) is 2. The highest BCUT2D eigenvalue weighted by molar-refractivity contribution is 6.99. The van der Waals surface area contributed by atoms with Crippen LogP contribution in [0.3, 0.4) is 0 Å². The smallest absolute Gasteiger partial charge is 0.0943 e. The van der Waals surface area contributed by atoms with Gasteiger partial charge in [-0.15, -0.1) is 0 Å². The standard InChI is InChI=1S/C98H156N2Si4/c1-61(2)101(62(3)4,63(5)6)81-54-79(55-82(59-81)102(64(7)8,65(9)10)66(11)12)99(77-45-48-89(97(37,38)39)90(58-77)98(40,41)42)91-85-46-43-74(94(28,29)30)53-88(85)92(86-47-44-73(52-87(86)91)93(25,26)27)100(78-50-75(95(31,32)33)49-76(51-78)96(34,35)36)80-56-83(103(67(13)14,68(15)16)69(17)18)60-84(57-80)104(70(19)20,71(21)22)72(23)24/h43-72H,1-42H3. The summed E-state index contributed by atoms with van der Waals surface area (Å²) in [5.74, 6) is 0. The van der Waals surface area contributed by atoms with Crippen molar-refractivity contribution in [1.29, 1.82) is 0 Å². The van der Waals surface area contributed by atoms with Crippen molar-refractivity contribution >= 4 is 109 Å². The Morgan fingerprint density at radius 1 is 0.202 bits per heavy atom. The van der Waals surface area contributed by atoms with Crippen molar-refractivity contribution in [1.82, 2.24) is 0 Å². The summed E-state index contributed by atoms with van der Waals surface area (Å²) in [6.07, 6.45) is 0. The molecule has 0 heterocycles. The van der Waals surface area contributed by atoms with Gasteiger partial charge in [-0.05, 0) is 193 Å². The molecule has 104 heavy (non-hydrogen) atoms. The lowest BCUT2D eigenvalue weighted by Crippen LogP contribution is -2.60. The van der Waals surface area contributed by atoms with Crippen LogP contribution in [0.5, 0.6) is 0 Å². The number of anilines is 6. The Labute approximate surface area is 646 Å². The van der Waals surface area contributed by atoms with E-state index in [2.05, 4.69) is 410 Å². The van der Waals surface area contributed by atoms with Crippen LogP contribution in [0.1, 0.15) is 324 Å². The van der Waals surface area contributed by atoms with Crippen LogP contribution in [0.4, 0.5) is 34.1 Å². The first kappa shape index (κ1) is 86.8. The Morgan fingerprint density at radius 2 is 0.442 bits per heavy atom. The summed E-state index contributed by atoms with van der Waals surface area (Å²) in [4.78, 5) is 5.78. The maximum absolute atomic E-state index is 2.90. The lowest BCUT2D eigenvalue weighted by Gasteiger charge is -2.48. The molecular weight excluding hydrogens is 1320 g/mol. The molecule has 0 amide bonds. The van der Waals surface area contributed by atoms with E-state index in [1.807, 2.05) is 0 Å². The van der Waals surface area contributed by atoms with Crippen LogP contribution in [0.15, 0.2) is 109 Å². The minimum absolute atomic E-state index is 0.0832. The van der Waals surface area contributed by atoms with Gasteiger partial charge < -0.3 is 9.80 Å². The normalized spacial score (nSPS) is 14.1. The minimum atomic E-state index is -2.37. The van der Waals surface area contributed by atoms with E-state index in [-0.39, 0.29) is 32.5 Å². The van der Waals surface area contributed by atoms with Gasteiger partial charge in [0.2, 0.25) is 0 Å². The zero-order chi connectivity index (χ0) is 79.4. The molecule has 7 rings (SSSR count).